The van der Waals surface area contributed by atoms with Gasteiger partial charge in [0.05, 0.1) is 5.75 Å². The lowest BCUT2D eigenvalue weighted by atomic mass is 10.0. The average Bonchev–Trinajstić information content (AvgIpc) is 3.01. The Labute approximate surface area is 147 Å². The van der Waals surface area contributed by atoms with Gasteiger partial charge in [0.2, 0.25) is 5.91 Å². The van der Waals surface area contributed by atoms with Crippen molar-refractivity contribution in [2.24, 2.45) is 0 Å². The van der Waals surface area contributed by atoms with Crippen LogP contribution in [0.5, 0.6) is 0 Å². The van der Waals surface area contributed by atoms with Gasteiger partial charge in [-0.25, -0.2) is 4.98 Å². The molecule has 1 amide bonds. The van der Waals surface area contributed by atoms with E-state index in [0.717, 1.165) is 10.8 Å². The number of aliphatic hydroxyl groups is 1. The van der Waals surface area contributed by atoms with Crippen LogP contribution in [0.1, 0.15) is 38.7 Å². The third-order valence-electron chi connectivity index (χ3n) is 3.75. The Balaban J connectivity index is 1.99. The molecule has 2 aromatic rings. The maximum absolute atomic E-state index is 11.9. The van der Waals surface area contributed by atoms with E-state index in [1.165, 1.54) is 17.3 Å². The Morgan fingerprint density at radius 3 is 2.62 bits per heavy atom. The second-order valence-corrected chi connectivity index (χ2v) is 7.04. The van der Waals surface area contributed by atoms with Crippen molar-refractivity contribution in [3.05, 3.63) is 42.2 Å². The van der Waals surface area contributed by atoms with Gasteiger partial charge in [0.25, 0.3) is 0 Å². The van der Waals surface area contributed by atoms with Crippen molar-refractivity contribution < 1.29 is 9.90 Å². The Hall–Kier alpha value is -1.79. The first kappa shape index (κ1) is 18.5. The quantitative estimate of drug-likeness (QED) is 0.721. The van der Waals surface area contributed by atoms with Crippen molar-refractivity contribution in [2.45, 2.75) is 44.3 Å². The molecule has 130 valence electrons. The van der Waals surface area contributed by atoms with Gasteiger partial charge < -0.3 is 10.4 Å². The first-order valence-corrected chi connectivity index (χ1v) is 9.16. The first-order chi connectivity index (χ1) is 11.5. The summed E-state index contributed by atoms with van der Waals surface area (Å²) in [6.45, 7) is 6.30. The van der Waals surface area contributed by atoms with E-state index < -0.39 is 0 Å². The number of amides is 1. The van der Waals surface area contributed by atoms with Gasteiger partial charge in [-0.05, 0) is 37.0 Å². The average molecular weight is 347 g/mol. The molecule has 0 aliphatic carbocycles. The molecule has 2 rings (SSSR count). The minimum atomic E-state index is -0.0503. The van der Waals surface area contributed by atoms with E-state index in [-0.39, 0.29) is 18.6 Å². The number of benzene rings is 1. The zero-order valence-corrected chi connectivity index (χ0v) is 15.2. The number of nitrogens with one attached hydrogen (secondary N) is 1. The Bertz CT molecular complexity index is 653. The summed E-state index contributed by atoms with van der Waals surface area (Å²) >= 11 is 1.40. The lowest BCUT2D eigenvalue weighted by Crippen LogP contribution is -2.34. The number of hydrogen-bond donors (Lipinski definition) is 2. The Morgan fingerprint density at radius 1 is 1.29 bits per heavy atom. The van der Waals surface area contributed by atoms with E-state index >= 15 is 0 Å². The number of rotatable bonds is 8. The highest BCUT2D eigenvalue weighted by Gasteiger charge is 2.11. The second kappa shape index (κ2) is 8.89. The number of nitrogens with zero attached hydrogens (tertiary/aromatic N) is 2. The molecule has 1 unspecified atom stereocenters. The first-order valence-electron chi connectivity index (χ1n) is 8.18. The molecule has 1 heterocycles. The lowest BCUT2D eigenvalue weighted by Gasteiger charge is -2.13. The normalized spacial score (nSPS) is 12.4. The number of hydrogen-bond acceptors (Lipinski definition) is 4. The summed E-state index contributed by atoms with van der Waals surface area (Å²) in [5.41, 5.74) is 2.33. The van der Waals surface area contributed by atoms with E-state index in [2.05, 4.69) is 48.4 Å². The summed E-state index contributed by atoms with van der Waals surface area (Å²) < 4.78 is 1.99. The van der Waals surface area contributed by atoms with E-state index in [1.54, 1.807) is 6.20 Å². The van der Waals surface area contributed by atoms with Crippen LogP contribution < -0.4 is 5.32 Å². The minimum Gasteiger partial charge on any atom is -0.396 e. The van der Waals surface area contributed by atoms with Crippen molar-refractivity contribution in [1.29, 1.82) is 0 Å². The molecule has 0 aliphatic rings. The molecule has 0 bridgehead atoms. The monoisotopic (exact) mass is 347 g/mol. The molecule has 0 radical (unpaired) electrons. The maximum atomic E-state index is 11.9. The Morgan fingerprint density at radius 2 is 2.00 bits per heavy atom. The summed E-state index contributed by atoms with van der Waals surface area (Å²) in [6, 6.07) is 8.37. The molecule has 0 fully saturated rings. The summed E-state index contributed by atoms with van der Waals surface area (Å²) in [5.74, 6) is 0.752. The van der Waals surface area contributed by atoms with E-state index in [1.807, 2.05) is 17.7 Å². The van der Waals surface area contributed by atoms with Crippen molar-refractivity contribution in [1.82, 2.24) is 14.9 Å². The van der Waals surface area contributed by atoms with Crippen molar-refractivity contribution in [3.63, 3.8) is 0 Å². The van der Waals surface area contributed by atoms with Crippen LogP contribution in [0.2, 0.25) is 0 Å². The molecule has 5 nitrogen and oxygen atoms in total. The molecular weight excluding hydrogens is 322 g/mol. The van der Waals surface area contributed by atoms with Gasteiger partial charge in [-0.2, -0.15) is 0 Å². The van der Waals surface area contributed by atoms with Gasteiger partial charge in [0, 0.05) is 30.7 Å². The topological polar surface area (TPSA) is 67.2 Å². The number of carbonyl (C=O) groups is 1. The van der Waals surface area contributed by atoms with Gasteiger partial charge in [0.1, 0.15) is 0 Å². The molecule has 2 N–H and O–H groups in total. The fourth-order valence-electron chi connectivity index (χ4n) is 2.33. The van der Waals surface area contributed by atoms with Crippen molar-refractivity contribution in [2.75, 3.05) is 12.4 Å². The third kappa shape index (κ3) is 5.11. The van der Waals surface area contributed by atoms with Crippen LogP contribution in [0.15, 0.2) is 41.8 Å². The fourth-order valence-corrected chi connectivity index (χ4v) is 3.11. The molecule has 0 spiro atoms. The highest BCUT2D eigenvalue weighted by atomic mass is 32.2. The number of aromatic nitrogens is 2. The largest absolute Gasteiger partial charge is 0.396 e. The predicted molar refractivity (Wildman–Crippen MR) is 97.7 cm³/mol. The lowest BCUT2D eigenvalue weighted by molar-refractivity contribution is -0.119. The maximum Gasteiger partial charge on any atom is 0.230 e. The van der Waals surface area contributed by atoms with Crippen LogP contribution in [0.4, 0.5) is 0 Å². The standard InChI is InChI=1S/C18H25N3O2S/c1-13(2)15-4-6-16(7-5-15)21-10-9-19-18(21)24-12-17(23)20-14(3)8-11-22/h4-7,9-10,13-14,22H,8,11-12H2,1-3H3,(H,20,23). The molecule has 0 saturated heterocycles. The van der Waals surface area contributed by atoms with E-state index in [4.69, 9.17) is 5.11 Å². The molecule has 1 atom stereocenters. The number of thioether (sulfide) groups is 1. The van der Waals surface area contributed by atoms with Crippen LogP contribution in [0.3, 0.4) is 0 Å². The number of carbonyl (C=O) groups excluding carboxylic acids is 1. The Kier molecular flexibility index (Phi) is 6.87. The van der Waals surface area contributed by atoms with Crippen LogP contribution in [-0.4, -0.2) is 39.0 Å². The molecule has 6 heteroatoms. The highest BCUT2D eigenvalue weighted by molar-refractivity contribution is 7.99. The van der Waals surface area contributed by atoms with Gasteiger partial charge in [0.15, 0.2) is 5.16 Å². The van der Waals surface area contributed by atoms with Crippen molar-refractivity contribution in [3.8, 4) is 5.69 Å². The van der Waals surface area contributed by atoms with Gasteiger partial charge in [-0.1, -0.05) is 37.7 Å². The molecular formula is C18H25N3O2S. The molecule has 24 heavy (non-hydrogen) atoms. The minimum absolute atomic E-state index is 0.0218. The van der Waals surface area contributed by atoms with E-state index in [0.29, 0.717) is 18.1 Å². The molecule has 1 aromatic heterocycles. The molecule has 0 saturated carbocycles. The molecule has 0 aliphatic heterocycles. The highest BCUT2D eigenvalue weighted by Crippen LogP contribution is 2.22. The summed E-state index contributed by atoms with van der Waals surface area (Å²) in [4.78, 5) is 16.3. The van der Waals surface area contributed by atoms with Crippen LogP contribution in [-0.2, 0) is 4.79 Å². The fraction of sp³-hybridized carbons (Fsp3) is 0.444. The van der Waals surface area contributed by atoms with E-state index in [9.17, 15) is 4.79 Å². The summed E-state index contributed by atoms with van der Waals surface area (Å²) in [5, 5.41) is 12.5. The number of aliphatic hydroxyl groups excluding tert-OH is 1. The third-order valence-corrected chi connectivity index (χ3v) is 4.71. The van der Waals surface area contributed by atoms with Crippen molar-refractivity contribution >= 4 is 17.7 Å². The zero-order valence-electron chi connectivity index (χ0n) is 14.4. The van der Waals surface area contributed by atoms with Crippen LogP contribution in [0.25, 0.3) is 5.69 Å². The van der Waals surface area contributed by atoms with Gasteiger partial charge in [-0.3, -0.25) is 9.36 Å². The smallest absolute Gasteiger partial charge is 0.230 e. The van der Waals surface area contributed by atoms with Gasteiger partial charge in [-0.15, -0.1) is 0 Å². The number of imidazole rings is 1. The van der Waals surface area contributed by atoms with Crippen LogP contribution >= 0.6 is 11.8 Å². The summed E-state index contributed by atoms with van der Waals surface area (Å²) in [7, 11) is 0. The van der Waals surface area contributed by atoms with Gasteiger partial charge >= 0.3 is 0 Å². The predicted octanol–water partition coefficient (Wildman–Crippen LogP) is 2.97. The van der Waals surface area contributed by atoms with Crippen LogP contribution in [0, 0.1) is 0 Å². The zero-order chi connectivity index (χ0) is 17.5. The second-order valence-electron chi connectivity index (χ2n) is 6.10. The molecule has 1 aromatic carbocycles. The SMILES string of the molecule is CC(CCO)NC(=O)CSc1nccn1-c1ccc(C(C)C)cc1. The summed E-state index contributed by atoms with van der Waals surface area (Å²) in [6.07, 6.45) is 4.21.